The predicted octanol–water partition coefficient (Wildman–Crippen LogP) is 2.23. The first-order valence-electron chi connectivity index (χ1n) is 12.9. The molecule has 4 atom stereocenters. The van der Waals surface area contributed by atoms with Gasteiger partial charge in [0.05, 0.1) is 17.7 Å². The topological polar surface area (TPSA) is 151 Å². The van der Waals surface area contributed by atoms with E-state index in [1.54, 1.807) is 18.2 Å². The summed E-state index contributed by atoms with van der Waals surface area (Å²) in [7, 11) is 1.37. The minimum atomic E-state index is -1.37. The Morgan fingerprint density at radius 1 is 1.05 bits per heavy atom. The van der Waals surface area contributed by atoms with Crippen molar-refractivity contribution in [3.05, 3.63) is 94.2 Å². The van der Waals surface area contributed by atoms with E-state index in [0.29, 0.717) is 17.7 Å². The maximum atomic E-state index is 14.3. The molecule has 0 aliphatic carbocycles. The van der Waals surface area contributed by atoms with Gasteiger partial charge in [0.25, 0.3) is 11.6 Å². The zero-order valence-electron chi connectivity index (χ0n) is 21.3. The standard InChI is InChI=1S/C29H23N5O6/c1-40-23-11-10-16(34(38)39)13-22(23)33-26(35)24-21(12-15-14-30-19-8-4-2-6-17(15)19)32-29(25(24)27(33)36)18-7-3-5-9-20(18)31-28(29)37/h2-11,13-14,21,24-25,30,32H,12H2,1H3,(H,31,37)/p+1/t21-,24+,25-,29+/m1/s1. The molecule has 2 saturated heterocycles. The Balaban J connectivity index is 1.39. The third kappa shape index (κ3) is 3.12. The van der Waals surface area contributed by atoms with E-state index in [1.807, 2.05) is 41.8 Å². The fraction of sp³-hybridized carbons (Fsp3) is 0.207. The lowest BCUT2D eigenvalue weighted by Gasteiger charge is -2.26. The van der Waals surface area contributed by atoms with Crippen LogP contribution in [-0.4, -0.2) is 40.8 Å². The fourth-order valence-corrected chi connectivity index (χ4v) is 6.87. The van der Waals surface area contributed by atoms with E-state index in [9.17, 15) is 24.5 Å². The molecule has 200 valence electrons. The number of carbonyl (C=O) groups excluding carboxylic acids is 3. The van der Waals surface area contributed by atoms with Gasteiger partial charge in [0.2, 0.25) is 17.4 Å². The Kier molecular flexibility index (Phi) is 5.10. The van der Waals surface area contributed by atoms with E-state index in [-0.39, 0.29) is 23.0 Å². The molecule has 0 bridgehead atoms. The van der Waals surface area contributed by atoms with E-state index in [4.69, 9.17) is 4.74 Å². The first kappa shape index (κ1) is 24.0. The zero-order chi connectivity index (χ0) is 27.8. The summed E-state index contributed by atoms with van der Waals surface area (Å²) >= 11 is 0. The molecular weight excluding hydrogens is 514 g/mol. The molecule has 0 saturated carbocycles. The molecule has 0 unspecified atom stereocenters. The number of rotatable bonds is 5. The number of nitrogens with one attached hydrogen (secondary N) is 2. The van der Waals surface area contributed by atoms with Gasteiger partial charge in [-0.1, -0.05) is 36.4 Å². The van der Waals surface area contributed by atoms with E-state index in [0.717, 1.165) is 21.4 Å². The number of para-hydroxylation sites is 2. The van der Waals surface area contributed by atoms with Crippen molar-refractivity contribution in [1.29, 1.82) is 0 Å². The molecule has 0 radical (unpaired) electrons. The maximum Gasteiger partial charge on any atom is 0.291 e. The van der Waals surface area contributed by atoms with Crippen LogP contribution in [0.1, 0.15) is 11.1 Å². The van der Waals surface area contributed by atoms with Crippen molar-refractivity contribution in [3.63, 3.8) is 0 Å². The molecule has 2 fully saturated rings. The smallest absolute Gasteiger partial charge is 0.291 e. The molecule has 3 aromatic carbocycles. The predicted molar refractivity (Wildman–Crippen MR) is 144 cm³/mol. The first-order valence-corrected chi connectivity index (χ1v) is 12.9. The Morgan fingerprint density at radius 2 is 1.82 bits per heavy atom. The number of nitrogens with zero attached hydrogens (tertiary/aromatic N) is 2. The maximum absolute atomic E-state index is 14.3. The third-order valence-corrected chi connectivity index (χ3v) is 8.52. The molecule has 1 spiro atoms. The number of nitrogens with two attached hydrogens (primary N) is 1. The molecule has 4 N–H and O–H groups in total. The molecule has 11 heteroatoms. The highest BCUT2D eigenvalue weighted by atomic mass is 16.6. The van der Waals surface area contributed by atoms with Crippen LogP contribution >= 0.6 is 0 Å². The van der Waals surface area contributed by atoms with Crippen LogP contribution in [0.15, 0.2) is 72.9 Å². The van der Waals surface area contributed by atoms with E-state index in [2.05, 4.69) is 10.3 Å². The second-order valence-corrected chi connectivity index (χ2v) is 10.4. The van der Waals surface area contributed by atoms with Gasteiger partial charge in [-0.15, -0.1) is 0 Å². The summed E-state index contributed by atoms with van der Waals surface area (Å²) < 4.78 is 5.41. The van der Waals surface area contributed by atoms with Gasteiger partial charge in [-0.25, -0.2) is 4.90 Å². The van der Waals surface area contributed by atoms with Crippen molar-refractivity contribution >= 4 is 45.7 Å². The van der Waals surface area contributed by atoms with Crippen LogP contribution in [0.3, 0.4) is 0 Å². The number of nitro groups is 1. The van der Waals surface area contributed by atoms with Crippen LogP contribution in [0.4, 0.5) is 17.1 Å². The van der Waals surface area contributed by atoms with Gasteiger partial charge in [-0.05, 0) is 23.8 Å². The number of methoxy groups -OCH3 is 1. The highest BCUT2D eigenvalue weighted by Gasteiger charge is 2.74. The number of quaternary nitrogens is 1. The summed E-state index contributed by atoms with van der Waals surface area (Å²) in [6.45, 7) is 0. The molecule has 7 rings (SSSR count). The number of aromatic amines is 1. The molecule has 4 aromatic rings. The summed E-state index contributed by atoms with van der Waals surface area (Å²) in [5.41, 5.74) is 1.50. The lowest BCUT2D eigenvalue weighted by molar-refractivity contribution is -0.733. The minimum absolute atomic E-state index is 0.00576. The van der Waals surface area contributed by atoms with Gasteiger partial charge in [-0.3, -0.25) is 24.5 Å². The number of aromatic nitrogens is 1. The van der Waals surface area contributed by atoms with Crippen molar-refractivity contribution in [2.24, 2.45) is 11.8 Å². The number of fused-ring (bicyclic) bond motifs is 5. The van der Waals surface area contributed by atoms with Crippen LogP contribution in [0, 0.1) is 22.0 Å². The van der Waals surface area contributed by atoms with E-state index < -0.39 is 40.2 Å². The van der Waals surface area contributed by atoms with Crippen molar-refractivity contribution < 1.29 is 29.4 Å². The van der Waals surface area contributed by atoms with Crippen LogP contribution < -0.4 is 20.3 Å². The fourth-order valence-electron chi connectivity index (χ4n) is 6.87. The normalized spacial score (nSPS) is 25.0. The third-order valence-electron chi connectivity index (χ3n) is 8.52. The lowest BCUT2D eigenvalue weighted by atomic mass is 9.76. The first-order chi connectivity index (χ1) is 19.3. The van der Waals surface area contributed by atoms with Crippen LogP contribution in [0.5, 0.6) is 5.75 Å². The number of hydrogen-bond acceptors (Lipinski definition) is 6. The van der Waals surface area contributed by atoms with Gasteiger partial charge >= 0.3 is 0 Å². The van der Waals surface area contributed by atoms with Gasteiger partial charge in [0.15, 0.2) is 0 Å². The van der Waals surface area contributed by atoms with Crippen molar-refractivity contribution in [2.45, 2.75) is 18.0 Å². The number of H-pyrrole nitrogens is 1. The second kappa shape index (κ2) is 8.48. The minimum Gasteiger partial charge on any atom is -0.495 e. The molecular formula is C29H24N5O6+. The van der Waals surface area contributed by atoms with Gasteiger partial charge in [0, 0.05) is 41.2 Å². The summed E-state index contributed by atoms with van der Waals surface area (Å²) in [5, 5.41) is 17.4. The van der Waals surface area contributed by atoms with Crippen molar-refractivity contribution in [2.75, 3.05) is 17.3 Å². The number of ether oxygens (including phenoxy) is 1. The number of benzene rings is 3. The number of anilines is 2. The molecule has 3 aliphatic heterocycles. The Labute approximate surface area is 227 Å². The summed E-state index contributed by atoms with van der Waals surface area (Å²) in [4.78, 5) is 57.5. The second-order valence-electron chi connectivity index (χ2n) is 10.4. The highest BCUT2D eigenvalue weighted by molar-refractivity contribution is 6.25. The Bertz CT molecular complexity index is 1760. The Hall–Kier alpha value is -5.03. The van der Waals surface area contributed by atoms with Crippen LogP contribution in [-0.2, 0) is 26.3 Å². The average Bonchev–Trinajstić information content (AvgIpc) is 3.67. The number of hydrogen-bond donors (Lipinski definition) is 3. The van der Waals surface area contributed by atoms with Crippen molar-refractivity contribution in [1.82, 2.24) is 4.98 Å². The zero-order valence-corrected chi connectivity index (χ0v) is 21.3. The Morgan fingerprint density at radius 3 is 2.62 bits per heavy atom. The summed E-state index contributed by atoms with van der Waals surface area (Å²) in [6.07, 6.45) is 2.31. The number of imide groups is 1. The van der Waals surface area contributed by atoms with Gasteiger partial charge in [0.1, 0.15) is 29.3 Å². The van der Waals surface area contributed by atoms with Crippen LogP contribution in [0.2, 0.25) is 0 Å². The number of carbonyl (C=O) groups is 3. The van der Waals surface area contributed by atoms with Crippen molar-refractivity contribution in [3.8, 4) is 5.75 Å². The lowest BCUT2D eigenvalue weighted by Crippen LogP contribution is -2.99. The molecule has 1 aromatic heterocycles. The molecule has 4 heterocycles. The monoisotopic (exact) mass is 538 g/mol. The van der Waals surface area contributed by atoms with Gasteiger partial charge in [-0.2, -0.15) is 0 Å². The number of non-ortho nitro benzene ring substituents is 1. The largest absolute Gasteiger partial charge is 0.495 e. The van der Waals surface area contributed by atoms with E-state index >= 15 is 0 Å². The van der Waals surface area contributed by atoms with Crippen LogP contribution in [0.25, 0.3) is 10.9 Å². The number of nitro benzene ring substituents is 1. The quantitative estimate of drug-likeness (QED) is 0.201. The molecule has 3 amide bonds. The molecule has 11 nitrogen and oxygen atoms in total. The number of amides is 3. The summed E-state index contributed by atoms with van der Waals surface area (Å²) in [6, 6.07) is 18.3. The summed E-state index contributed by atoms with van der Waals surface area (Å²) in [5.74, 6) is -3.19. The van der Waals surface area contributed by atoms with E-state index in [1.165, 1.54) is 25.3 Å². The van der Waals surface area contributed by atoms with Gasteiger partial charge < -0.3 is 20.4 Å². The molecule has 40 heavy (non-hydrogen) atoms. The highest BCUT2D eigenvalue weighted by Crippen LogP contribution is 2.51. The molecule has 3 aliphatic rings. The average molecular weight is 539 g/mol. The SMILES string of the molecule is COc1ccc([N+](=O)[O-])cc1N1C(=O)[C@H]2[C@@H](Cc3c[nH]c4ccccc34)[NH2+][C@]3(C(=O)Nc4ccccc43)[C@H]2C1=O.